The van der Waals surface area contributed by atoms with E-state index in [1.807, 2.05) is 44.2 Å². The summed E-state index contributed by atoms with van der Waals surface area (Å²) in [5, 5.41) is 0. The van der Waals surface area contributed by atoms with Gasteiger partial charge in [0, 0.05) is 23.4 Å². The van der Waals surface area contributed by atoms with E-state index in [9.17, 15) is 4.79 Å². The summed E-state index contributed by atoms with van der Waals surface area (Å²) in [7, 11) is 1.62. The first kappa shape index (κ1) is 16.3. The maximum Gasteiger partial charge on any atom is 0.255 e. The monoisotopic (exact) mass is 300 g/mol. The van der Waals surface area contributed by atoms with Crippen LogP contribution in [0.3, 0.4) is 0 Å². The standard InChI is InChI=1S/C18H24N2O2/c1-5-10-20-13(3)7-8-14(18(20)21)17(19)15-11-12(2)6-9-16(15)22-4/h6-9,11,17H,5,10,19H2,1-4H3. The molecule has 2 rings (SSSR count). The lowest BCUT2D eigenvalue weighted by Gasteiger charge is -2.18. The number of nitrogens with zero attached hydrogens (tertiary/aromatic N) is 1. The van der Waals surface area contributed by atoms with Gasteiger partial charge in [0.25, 0.3) is 5.56 Å². The van der Waals surface area contributed by atoms with Crippen molar-refractivity contribution in [1.82, 2.24) is 4.57 Å². The Balaban J connectivity index is 2.55. The number of aromatic nitrogens is 1. The molecule has 0 saturated carbocycles. The first-order valence-corrected chi connectivity index (χ1v) is 7.60. The summed E-state index contributed by atoms with van der Waals surface area (Å²) in [5.74, 6) is 0.708. The second-order valence-electron chi connectivity index (χ2n) is 5.61. The SMILES string of the molecule is CCCn1c(C)ccc(C(N)c2cc(C)ccc2OC)c1=O. The molecule has 0 fully saturated rings. The highest BCUT2D eigenvalue weighted by Crippen LogP contribution is 2.28. The van der Waals surface area contributed by atoms with E-state index in [-0.39, 0.29) is 5.56 Å². The molecule has 0 bridgehead atoms. The number of aryl methyl sites for hydroxylation is 2. The number of nitrogens with two attached hydrogens (primary N) is 1. The number of rotatable bonds is 5. The Morgan fingerprint density at radius 3 is 2.55 bits per heavy atom. The molecule has 1 unspecified atom stereocenters. The zero-order chi connectivity index (χ0) is 16.3. The number of hydrogen-bond acceptors (Lipinski definition) is 3. The van der Waals surface area contributed by atoms with Crippen molar-refractivity contribution in [3.63, 3.8) is 0 Å². The molecule has 0 aliphatic heterocycles. The predicted octanol–water partition coefficient (Wildman–Crippen LogP) is 2.93. The highest BCUT2D eigenvalue weighted by molar-refractivity contribution is 5.43. The highest BCUT2D eigenvalue weighted by Gasteiger charge is 2.18. The van der Waals surface area contributed by atoms with Crippen LogP contribution in [0.15, 0.2) is 35.1 Å². The van der Waals surface area contributed by atoms with Crippen LogP contribution >= 0.6 is 0 Å². The maximum absolute atomic E-state index is 12.7. The van der Waals surface area contributed by atoms with E-state index >= 15 is 0 Å². The van der Waals surface area contributed by atoms with E-state index in [0.717, 1.165) is 23.2 Å². The molecule has 2 N–H and O–H groups in total. The zero-order valence-corrected chi connectivity index (χ0v) is 13.7. The Bertz CT molecular complexity index is 720. The summed E-state index contributed by atoms with van der Waals surface area (Å²) in [6.45, 7) is 6.71. The van der Waals surface area contributed by atoms with E-state index in [1.165, 1.54) is 0 Å². The summed E-state index contributed by atoms with van der Waals surface area (Å²) in [5.41, 5.74) is 9.86. The Labute approximate surface area is 131 Å². The lowest BCUT2D eigenvalue weighted by Crippen LogP contribution is -2.30. The number of methoxy groups -OCH3 is 1. The van der Waals surface area contributed by atoms with Gasteiger partial charge in [0.15, 0.2) is 0 Å². The Kier molecular flexibility index (Phi) is 5.03. The van der Waals surface area contributed by atoms with Crippen molar-refractivity contribution < 1.29 is 4.74 Å². The minimum absolute atomic E-state index is 0.0158. The van der Waals surface area contributed by atoms with Gasteiger partial charge in [-0.05, 0) is 38.5 Å². The van der Waals surface area contributed by atoms with Gasteiger partial charge >= 0.3 is 0 Å². The Morgan fingerprint density at radius 2 is 1.91 bits per heavy atom. The lowest BCUT2D eigenvalue weighted by atomic mass is 9.97. The van der Waals surface area contributed by atoms with Gasteiger partial charge in [0.05, 0.1) is 13.2 Å². The van der Waals surface area contributed by atoms with Gasteiger partial charge in [-0.25, -0.2) is 0 Å². The van der Waals surface area contributed by atoms with Gasteiger partial charge in [-0.15, -0.1) is 0 Å². The van der Waals surface area contributed by atoms with Gasteiger partial charge in [-0.2, -0.15) is 0 Å². The minimum atomic E-state index is -0.494. The summed E-state index contributed by atoms with van der Waals surface area (Å²) < 4.78 is 7.18. The first-order valence-electron chi connectivity index (χ1n) is 7.60. The second kappa shape index (κ2) is 6.79. The van der Waals surface area contributed by atoms with Crippen molar-refractivity contribution in [2.75, 3.05) is 7.11 Å². The van der Waals surface area contributed by atoms with Gasteiger partial charge in [-0.1, -0.05) is 24.6 Å². The summed E-state index contributed by atoms with van der Waals surface area (Å²) in [6, 6.07) is 9.13. The van der Waals surface area contributed by atoms with Gasteiger partial charge in [0.2, 0.25) is 0 Å². The molecule has 0 spiro atoms. The number of pyridine rings is 1. The maximum atomic E-state index is 12.7. The fourth-order valence-corrected chi connectivity index (χ4v) is 2.69. The van der Waals surface area contributed by atoms with E-state index in [0.29, 0.717) is 17.9 Å². The molecular formula is C18H24N2O2. The van der Waals surface area contributed by atoms with Gasteiger partial charge in [0.1, 0.15) is 5.75 Å². The molecule has 0 amide bonds. The van der Waals surface area contributed by atoms with Crippen LogP contribution in [0, 0.1) is 13.8 Å². The highest BCUT2D eigenvalue weighted by atomic mass is 16.5. The molecule has 0 aliphatic carbocycles. The van der Waals surface area contributed by atoms with Crippen LogP contribution in [0.5, 0.6) is 5.75 Å². The largest absolute Gasteiger partial charge is 0.496 e. The van der Waals surface area contributed by atoms with Crippen LogP contribution in [0.2, 0.25) is 0 Å². The molecule has 0 radical (unpaired) electrons. The number of ether oxygens (including phenoxy) is 1. The van der Waals surface area contributed by atoms with Gasteiger partial charge < -0.3 is 15.0 Å². The molecule has 22 heavy (non-hydrogen) atoms. The topological polar surface area (TPSA) is 57.2 Å². The van der Waals surface area contributed by atoms with Crippen molar-refractivity contribution >= 4 is 0 Å². The van der Waals surface area contributed by atoms with Crippen LogP contribution in [0.25, 0.3) is 0 Å². The smallest absolute Gasteiger partial charge is 0.255 e. The summed E-state index contributed by atoms with van der Waals surface area (Å²) >= 11 is 0. The first-order chi connectivity index (χ1) is 10.5. The van der Waals surface area contributed by atoms with Crippen molar-refractivity contribution in [2.24, 2.45) is 5.73 Å². The average Bonchev–Trinajstić information content (AvgIpc) is 2.51. The third-order valence-corrected chi connectivity index (χ3v) is 3.92. The van der Waals surface area contributed by atoms with Crippen LogP contribution in [0.1, 0.15) is 41.8 Å². The normalized spacial score (nSPS) is 12.2. The molecule has 1 heterocycles. The fraction of sp³-hybridized carbons (Fsp3) is 0.389. The predicted molar refractivity (Wildman–Crippen MR) is 89.5 cm³/mol. The van der Waals surface area contributed by atoms with Crippen LogP contribution < -0.4 is 16.0 Å². The van der Waals surface area contributed by atoms with Crippen molar-refractivity contribution in [3.05, 3.63) is 63.1 Å². The van der Waals surface area contributed by atoms with Crippen LogP contribution in [-0.4, -0.2) is 11.7 Å². The molecule has 4 nitrogen and oxygen atoms in total. The second-order valence-corrected chi connectivity index (χ2v) is 5.61. The van der Waals surface area contributed by atoms with E-state index < -0.39 is 6.04 Å². The zero-order valence-electron chi connectivity index (χ0n) is 13.7. The lowest BCUT2D eigenvalue weighted by molar-refractivity contribution is 0.407. The molecule has 1 aromatic heterocycles. The third-order valence-electron chi connectivity index (χ3n) is 3.92. The molecule has 1 aromatic carbocycles. The van der Waals surface area contributed by atoms with Crippen molar-refractivity contribution in [3.8, 4) is 5.75 Å². The summed E-state index contributed by atoms with van der Waals surface area (Å²) in [6.07, 6.45) is 0.910. The average molecular weight is 300 g/mol. The Hall–Kier alpha value is -2.07. The van der Waals surface area contributed by atoms with E-state index in [1.54, 1.807) is 11.7 Å². The van der Waals surface area contributed by atoms with Gasteiger partial charge in [-0.3, -0.25) is 4.79 Å². The molecule has 1 atom stereocenters. The molecule has 118 valence electrons. The third kappa shape index (κ3) is 3.07. The minimum Gasteiger partial charge on any atom is -0.496 e. The number of benzene rings is 1. The molecule has 2 aromatic rings. The Morgan fingerprint density at radius 1 is 1.18 bits per heavy atom. The molecule has 0 saturated heterocycles. The van der Waals surface area contributed by atoms with Crippen LogP contribution in [0.4, 0.5) is 0 Å². The number of hydrogen-bond donors (Lipinski definition) is 1. The van der Waals surface area contributed by atoms with E-state index in [4.69, 9.17) is 10.5 Å². The van der Waals surface area contributed by atoms with Crippen molar-refractivity contribution in [1.29, 1.82) is 0 Å². The molecule has 4 heteroatoms. The quantitative estimate of drug-likeness (QED) is 0.923. The molecule has 0 aliphatic rings. The van der Waals surface area contributed by atoms with Crippen LogP contribution in [-0.2, 0) is 6.54 Å². The fourth-order valence-electron chi connectivity index (χ4n) is 2.69. The molecular weight excluding hydrogens is 276 g/mol. The summed E-state index contributed by atoms with van der Waals surface area (Å²) in [4.78, 5) is 12.7. The van der Waals surface area contributed by atoms with Crippen molar-refractivity contribution in [2.45, 2.75) is 39.8 Å². The van der Waals surface area contributed by atoms with E-state index in [2.05, 4.69) is 6.92 Å².